The molecule has 0 spiro atoms. The van der Waals surface area contributed by atoms with Gasteiger partial charge in [-0.25, -0.2) is 4.39 Å². The van der Waals surface area contributed by atoms with Gasteiger partial charge in [0.15, 0.2) is 6.17 Å². The van der Waals surface area contributed by atoms with Crippen LogP contribution in [0.25, 0.3) is 0 Å². The Kier molecular flexibility index (Phi) is 8.58. The predicted octanol–water partition coefficient (Wildman–Crippen LogP) is 4.82. The highest BCUT2D eigenvalue weighted by Gasteiger charge is 2.34. The van der Waals surface area contributed by atoms with Crippen LogP contribution in [0.1, 0.15) is 27.9 Å². The van der Waals surface area contributed by atoms with E-state index in [-0.39, 0.29) is 49.8 Å². The zero-order valence-corrected chi connectivity index (χ0v) is 20.7. The molecule has 39 heavy (non-hydrogen) atoms. The molecule has 0 radical (unpaired) electrons. The lowest BCUT2D eigenvalue weighted by Crippen LogP contribution is -2.49. The van der Waals surface area contributed by atoms with Crippen LogP contribution in [-0.2, 0) is 17.8 Å². The standard InChI is InChI=1S/C28H26F4N2O5/c29-23-16-34(26(35)14-18-6-8-20(9-7-18)39-28(30,31)32)13-12-24(23)38-25-15-21(10-11-22(25)27(33)36)37-17-19-4-2-1-3-5-19/h1-11,15,23-24H,12-14,16-17H2,(H2,33,36)/t23-,24-/m0/s1. The van der Waals surface area contributed by atoms with Crippen LogP contribution in [-0.4, -0.2) is 48.4 Å². The molecule has 3 aromatic carbocycles. The minimum atomic E-state index is -4.81. The van der Waals surface area contributed by atoms with Crippen LogP contribution < -0.4 is 19.9 Å². The van der Waals surface area contributed by atoms with E-state index in [1.807, 2.05) is 30.3 Å². The summed E-state index contributed by atoms with van der Waals surface area (Å²) in [7, 11) is 0. The summed E-state index contributed by atoms with van der Waals surface area (Å²) < 4.78 is 67.5. The van der Waals surface area contributed by atoms with Crippen molar-refractivity contribution in [1.29, 1.82) is 0 Å². The second-order valence-corrected chi connectivity index (χ2v) is 8.97. The van der Waals surface area contributed by atoms with Crippen LogP contribution in [0, 0.1) is 0 Å². The number of piperidine rings is 1. The Morgan fingerprint density at radius 2 is 1.64 bits per heavy atom. The Balaban J connectivity index is 1.35. The first-order valence-corrected chi connectivity index (χ1v) is 12.1. The number of amides is 2. The van der Waals surface area contributed by atoms with Gasteiger partial charge in [-0.1, -0.05) is 42.5 Å². The fourth-order valence-corrected chi connectivity index (χ4v) is 4.14. The first-order valence-electron chi connectivity index (χ1n) is 12.1. The van der Waals surface area contributed by atoms with E-state index in [0.29, 0.717) is 11.3 Å². The fourth-order valence-electron chi connectivity index (χ4n) is 4.14. The molecule has 2 atom stereocenters. The van der Waals surface area contributed by atoms with Gasteiger partial charge in [-0.2, -0.15) is 0 Å². The highest BCUT2D eigenvalue weighted by atomic mass is 19.4. The number of hydrogen-bond donors (Lipinski definition) is 1. The minimum Gasteiger partial charge on any atom is -0.489 e. The average Bonchev–Trinajstić information content (AvgIpc) is 2.89. The number of carbonyl (C=O) groups excluding carboxylic acids is 2. The van der Waals surface area contributed by atoms with Crippen LogP contribution >= 0.6 is 0 Å². The quantitative estimate of drug-likeness (QED) is 0.389. The smallest absolute Gasteiger partial charge is 0.489 e. The number of hydrogen-bond acceptors (Lipinski definition) is 5. The number of nitrogens with zero attached hydrogens (tertiary/aromatic N) is 1. The van der Waals surface area contributed by atoms with Crippen LogP contribution in [0.4, 0.5) is 17.6 Å². The number of halogens is 4. The first-order chi connectivity index (χ1) is 18.6. The molecule has 1 aliphatic rings. The van der Waals surface area contributed by atoms with Crippen molar-refractivity contribution in [3.8, 4) is 17.2 Å². The van der Waals surface area contributed by atoms with Crippen LogP contribution in [0.2, 0.25) is 0 Å². The number of benzene rings is 3. The molecule has 206 valence electrons. The number of alkyl halides is 4. The van der Waals surface area contributed by atoms with Crippen molar-refractivity contribution >= 4 is 11.8 Å². The van der Waals surface area contributed by atoms with Crippen molar-refractivity contribution in [2.75, 3.05) is 13.1 Å². The maximum Gasteiger partial charge on any atom is 0.573 e. The van der Waals surface area contributed by atoms with Crippen LogP contribution in [0.5, 0.6) is 17.2 Å². The lowest BCUT2D eigenvalue weighted by atomic mass is 10.0. The van der Waals surface area contributed by atoms with Crippen molar-refractivity contribution in [3.05, 3.63) is 89.5 Å². The lowest BCUT2D eigenvalue weighted by Gasteiger charge is -2.35. The third-order valence-electron chi connectivity index (χ3n) is 6.09. The van der Waals surface area contributed by atoms with Crippen molar-refractivity contribution < 1.29 is 41.4 Å². The second-order valence-electron chi connectivity index (χ2n) is 8.97. The molecule has 2 N–H and O–H groups in total. The highest BCUT2D eigenvalue weighted by Crippen LogP contribution is 2.29. The summed E-state index contributed by atoms with van der Waals surface area (Å²) in [5.41, 5.74) is 6.94. The zero-order chi connectivity index (χ0) is 28.0. The van der Waals surface area contributed by atoms with Crippen molar-refractivity contribution in [2.24, 2.45) is 5.73 Å². The first kappa shape index (κ1) is 27.7. The molecular weight excluding hydrogens is 520 g/mol. The molecule has 3 aromatic rings. The second kappa shape index (κ2) is 12.1. The Morgan fingerprint density at radius 1 is 0.949 bits per heavy atom. The predicted molar refractivity (Wildman–Crippen MR) is 133 cm³/mol. The maximum absolute atomic E-state index is 15.1. The number of ether oxygens (including phenoxy) is 3. The van der Waals surface area contributed by atoms with Crippen molar-refractivity contribution in [2.45, 2.75) is 38.1 Å². The van der Waals surface area contributed by atoms with Crippen LogP contribution in [0.15, 0.2) is 72.8 Å². The molecule has 11 heteroatoms. The van der Waals surface area contributed by atoms with E-state index in [4.69, 9.17) is 15.2 Å². The molecule has 0 unspecified atom stereocenters. The molecule has 2 amide bonds. The van der Waals surface area contributed by atoms with Gasteiger partial charge in [-0.05, 0) is 35.4 Å². The topological polar surface area (TPSA) is 91.1 Å². The Hall–Kier alpha value is -4.28. The van der Waals surface area contributed by atoms with Gasteiger partial charge in [0.1, 0.15) is 30.0 Å². The normalized spacial score (nSPS) is 17.4. The summed E-state index contributed by atoms with van der Waals surface area (Å²) in [6, 6.07) is 18.9. The zero-order valence-electron chi connectivity index (χ0n) is 20.7. The molecule has 4 rings (SSSR count). The number of primary amides is 1. The molecule has 0 aliphatic carbocycles. The number of rotatable bonds is 9. The number of carbonyl (C=O) groups is 2. The molecule has 0 saturated carbocycles. The summed E-state index contributed by atoms with van der Waals surface area (Å²) in [6.45, 7) is 0.227. The third kappa shape index (κ3) is 7.86. The Morgan fingerprint density at radius 3 is 2.28 bits per heavy atom. The summed E-state index contributed by atoms with van der Waals surface area (Å²) in [4.78, 5) is 26.0. The van der Waals surface area contributed by atoms with Gasteiger partial charge >= 0.3 is 6.36 Å². The van der Waals surface area contributed by atoms with Gasteiger partial charge in [-0.15, -0.1) is 13.2 Å². The van der Waals surface area contributed by atoms with Gasteiger partial charge in [0, 0.05) is 19.0 Å². The SMILES string of the molecule is NC(=O)c1ccc(OCc2ccccc2)cc1O[C@H]1CCN(C(=O)Cc2ccc(OC(F)(F)F)cc2)C[C@@H]1F. The molecule has 0 aromatic heterocycles. The molecule has 0 bridgehead atoms. The van der Waals surface area contributed by atoms with Gasteiger partial charge in [0.2, 0.25) is 5.91 Å². The van der Waals surface area contributed by atoms with E-state index < -0.39 is 30.3 Å². The van der Waals surface area contributed by atoms with E-state index in [2.05, 4.69) is 4.74 Å². The maximum atomic E-state index is 15.1. The van der Waals surface area contributed by atoms with Gasteiger partial charge in [0.25, 0.3) is 5.91 Å². The molecule has 1 fully saturated rings. The Labute approximate surface area is 222 Å². The van der Waals surface area contributed by atoms with E-state index in [0.717, 1.165) is 17.7 Å². The highest BCUT2D eigenvalue weighted by molar-refractivity contribution is 5.95. The van der Waals surface area contributed by atoms with Crippen molar-refractivity contribution in [3.63, 3.8) is 0 Å². The van der Waals surface area contributed by atoms with E-state index >= 15 is 4.39 Å². The largest absolute Gasteiger partial charge is 0.573 e. The monoisotopic (exact) mass is 546 g/mol. The van der Waals surface area contributed by atoms with E-state index in [1.165, 1.54) is 29.2 Å². The van der Waals surface area contributed by atoms with Gasteiger partial charge in [-0.3, -0.25) is 9.59 Å². The number of nitrogens with two attached hydrogens (primary N) is 1. The molecule has 7 nitrogen and oxygen atoms in total. The fraction of sp³-hybridized carbons (Fsp3) is 0.286. The Bertz CT molecular complexity index is 1290. The van der Waals surface area contributed by atoms with E-state index in [9.17, 15) is 22.8 Å². The summed E-state index contributed by atoms with van der Waals surface area (Å²) >= 11 is 0. The van der Waals surface area contributed by atoms with Gasteiger partial charge in [0.05, 0.1) is 18.5 Å². The summed E-state index contributed by atoms with van der Waals surface area (Å²) in [6.07, 6.45) is -7.26. The van der Waals surface area contributed by atoms with Crippen LogP contribution in [0.3, 0.4) is 0 Å². The third-order valence-corrected chi connectivity index (χ3v) is 6.09. The summed E-state index contributed by atoms with van der Waals surface area (Å²) in [5, 5.41) is 0. The lowest BCUT2D eigenvalue weighted by molar-refractivity contribution is -0.274. The van der Waals surface area contributed by atoms with Crippen molar-refractivity contribution in [1.82, 2.24) is 4.90 Å². The average molecular weight is 547 g/mol. The molecular formula is C28H26F4N2O5. The minimum absolute atomic E-state index is 0.0747. The molecule has 1 aliphatic heterocycles. The molecule has 1 heterocycles. The molecule has 1 saturated heterocycles. The number of likely N-dealkylation sites (tertiary alicyclic amines) is 1. The van der Waals surface area contributed by atoms with E-state index in [1.54, 1.807) is 6.07 Å². The van der Waals surface area contributed by atoms with Gasteiger partial charge < -0.3 is 24.8 Å². The summed E-state index contributed by atoms with van der Waals surface area (Å²) in [5.74, 6) is -1.02.